The summed E-state index contributed by atoms with van der Waals surface area (Å²) in [7, 11) is 1.72. The highest BCUT2D eigenvalue weighted by atomic mass is 79.9. The highest BCUT2D eigenvalue weighted by Gasteiger charge is 2.23. The molecule has 0 N–H and O–H groups in total. The van der Waals surface area contributed by atoms with Crippen LogP contribution in [0.3, 0.4) is 0 Å². The summed E-state index contributed by atoms with van der Waals surface area (Å²) in [5.41, 5.74) is 1.40. The van der Waals surface area contributed by atoms with Gasteiger partial charge in [0.05, 0.1) is 7.11 Å². The molecule has 0 amide bonds. The topological polar surface area (TPSA) is 9.23 Å². The van der Waals surface area contributed by atoms with Gasteiger partial charge in [-0.3, -0.25) is 0 Å². The van der Waals surface area contributed by atoms with Crippen LogP contribution in [-0.2, 0) is 5.41 Å². The molecule has 0 saturated carbocycles. The van der Waals surface area contributed by atoms with E-state index in [2.05, 4.69) is 42.1 Å². The molecule has 0 spiro atoms. The minimum Gasteiger partial charge on any atom is -0.487 e. The molecule has 68 valence electrons. The summed E-state index contributed by atoms with van der Waals surface area (Å²) in [6.45, 7) is 6.55. The summed E-state index contributed by atoms with van der Waals surface area (Å²) in [5.74, 6) is 0. The predicted molar refractivity (Wildman–Crippen MR) is 57.3 cm³/mol. The Hall–Kier alpha value is -0.0200. The van der Waals surface area contributed by atoms with Crippen LogP contribution < -0.4 is 4.74 Å². The summed E-state index contributed by atoms with van der Waals surface area (Å²) in [5, 5.41) is 3.08. The predicted octanol–water partition coefficient (Wildman–Crippen LogP) is 3.82. The Morgan fingerprint density at radius 3 is 2.33 bits per heavy atom. The SMILES string of the molecule is COc1scc(Br)c1C(C)(C)C. The van der Waals surface area contributed by atoms with Crippen LogP contribution in [0.1, 0.15) is 26.3 Å². The van der Waals surface area contributed by atoms with Crippen molar-refractivity contribution >= 4 is 27.3 Å². The fourth-order valence-corrected chi connectivity index (χ4v) is 3.28. The van der Waals surface area contributed by atoms with Crippen LogP contribution in [0.25, 0.3) is 0 Å². The van der Waals surface area contributed by atoms with Crippen molar-refractivity contribution in [2.75, 3.05) is 7.11 Å². The molecule has 3 heteroatoms. The molecule has 1 rings (SSSR count). The molecule has 0 radical (unpaired) electrons. The number of halogens is 1. The minimum atomic E-state index is 0.143. The van der Waals surface area contributed by atoms with E-state index in [4.69, 9.17) is 4.74 Å². The van der Waals surface area contributed by atoms with E-state index in [0.29, 0.717) is 0 Å². The van der Waals surface area contributed by atoms with Crippen molar-refractivity contribution in [3.63, 3.8) is 0 Å². The first kappa shape index (κ1) is 10.1. The van der Waals surface area contributed by atoms with Gasteiger partial charge in [0.15, 0.2) is 5.06 Å². The Bertz CT molecular complexity index is 273. The van der Waals surface area contributed by atoms with Crippen LogP contribution >= 0.6 is 27.3 Å². The lowest BCUT2D eigenvalue weighted by Gasteiger charge is -2.19. The molecule has 0 saturated heterocycles. The smallest absolute Gasteiger partial charge is 0.178 e. The molecule has 0 aliphatic rings. The van der Waals surface area contributed by atoms with Crippen LogP contribution in [0.15, 0.2) is 9.85 Å². The largest absolute Gasteiger partial charge is 0.487 e. The molecule has 0 bridgehead atoms. The monoisotopic (exact) mass is 248 g/mol. The summed E-state index contributed by atoms with van der Waals surface area (Å²) in [6.07, 6.45) is 0. The van der Waals surface area contributed by atoms with Crippen molar-refractivity contribution in [3.8, 4) is 5.06 Å². The summed E-state index contributed by atoms with van der Waals surface area (Å²) >= 11 is 5.16. The Labute approximate surface area is 85.9 Å². The summed E-state index contributed by atoms with van der Waals surface area (Å²) in [4.78, 5) is 0. The van der Waals surface area contributed by atoms with Crippen LogP contribution in [0, 0.1) is 0 Å². The zero-order valence-corrected chi connectivity index (χ0v) is 10.2. The average Bonchev–Trinajstić information content (AvgIpc) is 2.29. The summed E-state index contributed by atoms with van der Waals surface area (Å²) in [6, 6.07) is 0. The van der Waals surface area contributed by atoms with Gasteiger partial charge in [0.25, 0.3) is 0 Å². The standard InChI is InChI=1S/C9H13BrOS/c1-9(2,3)7-6(10)5-12-8(7)11-4/h5H,1-4H3. The lowest BCUT2D eigenvalue weighted by atomic mass is 9.89. The van der Waals surface area contributed by atoms with Crippen LogP contribution in [0.5, 0.6) is 5.06 Å². The van der Waals surface area contributed by atoms with Gasteiger partial charge in [-0.05, 0) is 21.3 Å². The van der Waals surface area contributed by atoms with Gasteiger partial charge < -0.3 is 4.74 Å². The maximum absolute atomic E-state index is 5.28. The second-order valence-electron chi connectivity index (χ2n) is 3.70. The molecule has 0 aromatic carbocycles. The molecule has 1 aromatic rings. The van der Waals surface area contributed by atoms with Gasteiger partial charge in [-0.15, -0.1) is 11.3 Å². The average molecular weight is 249 g/mol. The van der Waals surface area contributed by atoms with E-state index < -0.39 is 0 Å². The third-order valence-corrected chi connectivity index (χ3v) is 3.51. The second-order valence-corrected chi connectivity index (χ2v) is 5.40. The molecule has 1 heterocycles. The number of hydrogen-bond donors (Lipinski definition) is 0. The number of hydrogen-bond acceptors (Lipinski definition) is 2. The normalized spacial score (nSPS) is 11.8. The first-order chi connectivity index (χ1) is 5.46. The quantitative estimate of drug-likeness (QED) is 0.735. The van der Waals surface area contributed by atoms with E-state index in [1.54, 1.807) is 18.4 Å². The molecule has 0 aliphatic heterocycles. The van der Waals surface area contributed by atoms with Crippen molar-refractivity contribution in [1.29, 1.82) is 0 Å². The van der Waals surface area contributed by atoms with Crippen molar-refractivity contribution in [2.24, 2.45) is 0 Å². The molecular formula is C9H13BrOS. The number of ether oxygens (including phenoxy) is 1. The summed E-state index contributed by atoms with van der Waals surface area (Å²) < 4.78 is 6.43. The number of thiophene rings is 1. The number of rotatable bonds is 1. The van der Waals surface area contributed by atoms with Crippen LogP contribution in [0.4, 0.5) is 0 Å². The lowest BCUT2D eigenvalue weighted by Crippen LogP contribution is -2.11. The third kappa shape index (κ3) is 1.83. The zero-order chi connectivity index (χ0) is 9.35. The Morgan fingerprint density at radius 2 is 2.00 bits per heavy atom. The molecule has 0 unspecified atom stereocenters. The van der Waals surface area contributed by atoms with Crippen molar-refractivity contribution < 1.29 is 4.74 Å². The van der Waals surface area contributed by atoms with E-state index in [-0.39, 0.29) is 5.41 Å². The molecule has 0 fully saturated rings. The first-order valence-corrected chi connectivity index (χ1v) is 5.45. The van der Waals surface area contributed by atoms with Crippen LogP contribution in [-0.4, -0.2) is 7.11 Å². The van der Waals surface area contributed by atoms with Gasteiger partial charge >= 0.3 is 0 Å². The molecule has 12 heavy (non-hydrogen) atoms. The maximum Gasteiger partial charge on any atom is 0.178 e. The molecule has 0 aliphatic carbocycles. The highest BCUT2D eigenvalue weighted by Crippen LogP contribution is 2.41. The van der Waals surface area contributed by atoms with Gasteiger partial charge in [-0.1, -0.05) is 20.8 Å². The fraction of sp³-hybridized carbons (Fsp3) is 0.556. The van der Waals surface area contributed by atoms with Crippen molar-refractivity contribution in [3.05, 3.63) is 15.4 Å². The Balaban J connectivity index is 3.19. The maximum atomic E-state index is 5.28. The van der Waals surface area contributed by atoms with E-state index in [9.17, 15) is 0 Å². The van der Waals surface area contributed by atoms with Gasteiger partial charge in [0.2, 0.25) is 0 Å². The molecule has 1 aromatic heterocycles. The minimum absolute atomic E-state index is 0.143. The molecular weight excluding hydrogens is 236 g/mol. The number of methoxy groups -OCH3 is 1. The Morgan fingerprint density at radius 1 is 1.42 bits per heavy atom. The third-order valence-electron chi connectivity index (χ3n) is 1.65. The van der Waals surface area contributed by atoms with Gasteiger partial charge in [-0.25, -0.2) is 0 Å². The van der Waals surface area contributed by atoms with Crippen LogP contribution in [0.2, 0.25) is 0 Å². The first-order valence-electron chi connectivity index (χ1n) is 3.78. The van der Waals surface area contributed by atoms with E-state index in [1.165, 1.54) is 5.56 Å². The molecule has 1 nitrogen and oxygen atoms in total. The Kier molecular flexibility index (Phi) is 2.84. The highest BCUT2D eigenvalue weighted by molar-refractivity contribution is 9.10. The van der Waals surface area contributed by atoms with E-state index in [0.717, 1.165) is 9.54 Å². The van der Waals surface area contributed by atoms with Gasteiger partial charge in [-0.2, -0.15) is 0 Å². The zero-order valence-electron chi connectivity index (χ0n) is 7.77. The van der Waals surface area contributed by atoms with E-state index in [1.807, 2.05) is 0 Å². The molecule has 0 atom stereocenters. The second kappa shape index (κ2) is 3.38. The van der Waals surface area contributed by atoms with Crippen molar-refractivity contribution in [1.82, 2.24) is 0 Å². The lowest BCUT2D eigenvalue weighted by molar-refractivity contribution is 0.410. The van der Waals surface area contributed by atoms with Crippen molar-refractivity contribution in [2.45, 2.75) is 26.2 Å². The fourth-order valence-electron chi connectivity index (χ4n) is 1.14. The van der Waals surface area contributed by atoms with Gasteiger partial charge in [0.1, 0.15) is 0 Å². The van der Waals surface area contributed by atoms with Gasteiger partial charge in [0, 0.05) is 15.4 Å². The van der Waals surface area contributed by atoms with E-state index >= 15 is 0 Å².